The second kappa shape index (κ2) is 8.58. The van der Waals surface area contributed by atoms with Crippen molar-refractivity contribution >= 4 is 27.6 Å². The topological polar surface area (TPSA) is 44.9 Å². The second-order valence-electron chi connectivity index (χ2n) is 7.94. The molecule has 0 aliphatic carbocycles. The number of aromatic amines is 1. The van der Waals surface area contributed by atoms with Crippen LogP contribution in [0, 0.1) is 0 Å². The first-order valence-electron chi connectivity index (χ1n) is 10.6. The Morgan fingerprint density at radius 2 is 1.45 bits per heavy atom. The highest BCUT2D eigenvalue weighted by atomic mass is 16.1. The standard InChI is InChI=1S/C28H24N2O/c31-24(16-20-13-14-26-25-11-4-5-12-27(25)30-28(26)17-20)19-29-18-21-7-6-10-23(15-21)22-8-2-1-3-9-22/h1-15,17,29-30H,16,18-19H2. The van der Waals surface area contributed by atoms with E-state index >= 15 is 0 Å². The summed E-state index contributed by atoms with van der Waals surface area (Å²) < 4.78 is 0. The molecule has 4 aromatic carbocycles. The molecule has 2 N–H and O–H groups in total. The molecule has 0 atom stereocenters. The van der Waals surface area contributed by atoms with E-state index in [0.29, 0.717) is 19.5 Å². The molecule has 5 aromatic rings. The number of Topliss-reactive ketones (excluding diaryl/α,β-unsaturated/α-hetero) is 1. The number of fused-ring (bicyclic) bond motifs is 3. The van der Waals surface area contributed by atoms with Gasteiger partial charge in [-0.1, -0.05) is 78.9 Å². The van der Waals surface area contributed by atoms with Crippen molar-refractivity contribution in [2.24, 2.45) is 0 Å². The van der Waals surface area contributed by atoms with Crippen LogP contribution in [0.1, 0.15) is 11.1 Å². The molecule has 5 rings (SSSR count). The fraction of sp³-hybridized carbons (Fsp3) is 0.107. The van der Waals surface area contributed by atoms with Crippen LogP contribution in [0.15, 0.2) is 97.1 Å². The van der Waals surface area contributed by atoms with Gasteiger partial charge in [0.15, 0.2) is 5.78 Å². The number of nitrogens with one attached hydrogen (secondary N) is 2. The summed E-state index contributed by atoms with van der Waals surface area (Å²) in [4.78, 5) is 16.0. The van der Waals surface area contributed by atoms with E-state index in [-0.39, 0.29) is 5.78 Å². The molecule has 0 saturated heterocycles. The van der Waals surface area contributed by atoms with Crippen molar-refractivity contribution in [3.8, 4) is 11.1 Å². The van der Waals surface area contributed by atoms with Crippen LogP contribution in [-0.4, -0.2) is 17.3 Å². The van der Waals surface area contributed by atoms with Crippen molar-refractivity contribution in [2.75, 3.05) is 6.54 Å². The van der Waals surface area contributed by atoms with Crippen LogP contribution in [0.2, 0.25) is 0 Å². The van der Waals surface area contributed by atoms with Gasteiger partial charge in [-0.2, -0.15) is 0 Å². The fourth-order valence-electron chi connectivity index (χ4n) is 4.14. The van der Waals surface area contributed by atoms with Gasteiger partial charge in [-0.3, -0.25) is 4.79 Å². The molecule has 3 nitrogen and oxygen atoms in total. The first kappa shape index (κ1) is 19.3. The van der Waals surface area contributed by atoms with Crippen molar-refractivity contribution in [1.29, 1.82) is 0 Å². The molecule has 1 heterocycles. The van der Waals surface area contributed by atoms with Gasteiger partial charge in [0.05, 0.1) is 6.54 Å². The quantitative estimate of drug-likeness (QED) is 0.355. The number of benzene rings is 4. The summed E-state index contributed by atoms with van der Waals surface area (Å²) in [6.07, 6.45) is 0.433. The summed E-state index contributed by atoms with van der Waals surface area (Å²) in [7, 11) is 0. The maximum Gasteiger partial charge on any atom is 0.150 e. The minimum atomic E-state index is 0.190. The van der Waals surface area contributed by atoms with Crippen LogP contribution in [-0.2, 0) is 17.8 Å². The molecule has 1 aromatic heterocycles. The fourth-order valence-corrected chi connectivity index (χ4v) is 4.14. The Hall–Kier alpha value is -3.69. The third kappa shape index (κ3) is 4.27. The SMILES string of the molecule is O=C(CNCc1cccc(-c2ccccc2)c1)Cc1ccc2c(c1)[nH]c1ccccc12. The smallest absolute Gasteiger partial charge is 0.150 e. The third-order valence-electron chi connectivity index (χ3n) is 5.66. The maximum atomic E-state index is 12.5. The van der Waals surface area contributed by atoms with E-state index in [2.05, 4.69) is 77.0 Å². The number of rotatable bonds is 7. The highest BCUT2D eigenvalue weighted by Crippen LogP contribution is 2.26. The van der Waals surface area contributed by atoms with Gasteiger partial charge in [0.2, 0.25) is 0 Å². The van der Waals surface area contributed by atoms with Crippen LogP contribution in [0.25, 0.3) is 32.9 Å². The number of carbonyl (C=O) groups excluding carboxylic acids is 1. The van der Waals surface area contributed by atoms with E-state index < -0.39 is 0 Å². The van der Waals surface area contributed by atoms with Gasteiger partial charge in [-0.05, 0) is 40.5 Å². The lowest BCUT2D eigenvalue weighted by molar-refractivity contribution is -0.117. The molecule has 0 radical (unpaired) electrons. The lowest BCUT2D eigenvalue weighted by Crippen LogP contribution is -2.23. The number of hydrogen-bond donors (Lipinski definition) is 2. The maximum absolute atomic E-state index is 12.5. The van der Waals surface area contributed by atoms with E-state index in [4.69, 9.17) is 0 Å². The average Bonchev–Trinajstić information content (AvgIpc) is 3.17. The van der Waals surface area contributed by atoms with Gasteiger partial charge in [0.25, 0.3) is 0 Å². The van der Waals surface area contributed by atoms with Gasteiger partial charge >= 0.3 is 0 Å². The van der Waals surface area contributed by atoms with E-state index in [1.54, 1.807) is 0 Å². The van der Waals surface area contributed by atoms with E-state index in [9.17, 15) is 4.79 Å². The van der Waals surface area contributed by atoms with Gasteiger partial charge < -0.3 is 10.3 Å². The highest BCUT2D eigenvalue weighted by molar-refractivity contribution is 6.07. The molecule has 152 valence electrons. The Morgan fingerprint density at radius 3 is 2.35 bits per heavy atom. The van der Waals surface area contributed by atoms with Crippen molar-refractivity contribution in [3.05, 3.63) is 108 Å². The van der Waals surface area contributed by atoms with Crippen LogP contribution in [0.5, 0.6) is 0 Å². The Labute approximate surface area is 181 Å². The molecule has 0 fully saturated rings. The number of ketones is 1. The molecule has 0 aliphatic rings. The zero-order chi connectivity index (χ0) is 21.0. The van der Waals surface area contributed by atoms with Crippen molar-refractivity contribution in [2.45, 2.75) is 13.0 Å². The summed E-state index contributed by atoms with van der Waals surface area (Å²) in [5.74, 6) is 0.190. The molecular weight excluding hydrogens is 380 g/mol. The summed E-state index contributed by atoms with van der Waals surface area (Å²) in [6, 6.07) is 33.3. The first-order chi connectivity index (χ1) is 15.3. The van der Waals surface area contributed by atoms with Gasteiger partial charge in [0.1, 0.15) is 0 Å². The number of para-hydroxylation sites is 1. The largest absolute Gasteiger partial charge is 0.355 e. The number of aromatic nitrogens is 1. The summed E-state index contributed by atoms with van der Waals surface area (Å²) in [6.45, 7) is 1.04. The highest BCUT2D eigenvalue weighted by Gasteiger charge is 2.08. The third-order valence-corrected chi connectivity index (χ3v) is 5.66. The summed E-state index contributed by atoms with van der Waals surface area (Å²) in [5.41, 5.74) is 6.81. The lowest BCUT2D eigenvalue weighted by atomic mass is 10.0. The predicted molar refractivity (Wildman–Crippen MR) is 128 cm³/mol. The van der Waals surface area contributed by atoms with Crippen molar-refractivity contribution in [1.82, 2.24) is 10.3 Å². The molecule has 0 bridgehead atoms. The molecule has 31 heavy (non-hydrogen) atoms. The Balaban J connectivity index is 1.20. The monoisotopic (exact) mass is 404 g/mol. The van der Waals surface area contributed by atoms with Crippen LogP contribution >= 0.6 is 0 Å². The van der Waals surface area contributed by atoms with Gasteiger partial charge in [-0.15, -0.1) is 0 Å². The van der Waals surface area contributed by atoms with Gasteiger partial charge in [0, 0.05) is 34.8 Å². The predicted octanol–water partition coefficient (Wildman–Crippen LogP) is 5.89. The zero-order valence-electron chi connectivity index (χ0n) is 17.3. The average molecular weight is 405 g/mol. The Bertz CT molecular complexity index is 1350. The van der Waals surface area contributed by atoms with E-state index in [1.807, 2.05) is 30.3 Å². The zero-order valence-corrected chi connectivity index (χ0v) is 17.3. The molecule has 0 saturated carbocycles. The van der Waals surface area contributed by atoms with Crippen LogP contribution < -0.4 is 5.32 Å². The number of carbonyl (C=O) groups is 1. The Kier molecular flexibility index (Phi) is 5.34. The number of hydrogen-bond acceptors (Lipinski definition) is 2. The number of H-pyrrole nitrogens is 1. The summed E-state index contributed by atoms with van der Waals surface area (Å²) in [5, 5.41) is 5.72. The molecule has 0 unspecified atom stereocenters. The first-order valence-corrected chi connectivity index (χ1v) is 10.6. The van der Waals surface area contributed by atoms with E-state index in [1.165, 1.54) is 27.5 Å². The molecular formula is C28H24N2O. The molecule has 0 spiro atoms. The molecule has 0 amide bonds. The molecule has 3 heteroatoms. The summed E-state index contributed by atoms with van der Waals surface area (Å²) >= 11 is 0. The van der Waals surface area contributed by atoms with Crippen molar-refractivity contribution in [3.63, 3.8) is 0 Å². The van der Waals surface area contributed by atoms with Crippen LogP contribution in [0.4, 0.5) is 0 Å². The molecule has 0 aliphatic heterocycles. The normalized spacial score (nSPS) is 11.2. The lowest BCUT2D eigenvalue weighted by Gasteiger charge is -2.07. The Morgan fingerprint density at radius 1 is 0.677 bits per heavy atom. The minimum Gasteiger partial charge on any atom is -0.355 e. The van der Waals surface area contributed by atoms with Crippen molar-refractivity contribution < 1.29 is 4.79 Å². The second-order valence-corrected chi connectivity index (χ2v) is 7.94. The minimum absolute atomic E-state index is 0.190. The van der Waals surface area contributed by atoms with Crippen LogP contribution in [0.3, 0.4) is 0 Å². The van der Waals surface area contributed by atoms with E-state index in [0.717, 1.165) is 16.6 Å². The van der Waals surface area contributed by atoms with Gasteiger partial charge in [-0.25, -0.2) is 0 Å².